The van der Waals surface area contributed by atoms with Crippen molar-refractivity contribution >= 4 is 21.4 Å². The van der Waals surface area contributed by atoms with Crippen molar-refractivity contribution in [3.8, 4) is 0 Å². The molecule has 0 spiro atoms. The van der Waals surface area contributed by atoms with Gasteiger partial charge in [0.2, 0.25) is 10.1 Å². The van der Waals surface area contributed by atoms with Gasteiger partial charge < -0.3 is 10.1 Å². The van der Waals surface area contributed by atoms with Gasteiger partial charge in [0.05, 0.1) is 6.61 Å². The minimum absolute atomic E-state index is 0.133. The van der Waals surface area contributed by atoms with E-state index < -0.39 is 0 Å². The Bertz CT molecular complexity index is 615. The van der Waals surface area contributed by atoms with Crippen LogP contribution < -0.4 is 10.9 Å². The Morgan fingerprint density at radius 3 is 3.33 bits per heavy atom. The maximum Gasteiger partial charge on any atom is 0.275 e. The minimum atomic E-state index is -0.133. The Kier molecular flexibility index (Phi) is 3.00. The predicted octanol–water partition coefficient (Wildman–Crippen LogP) is 0.908. The van der Waals surface area contributed by atoms with Crippen molar-refractivity contribution in [2.24, 2.45) is 5.92 Å². The van der Waals surface area contributed by atoms with E-state index in [0.717, 1.165) is 37.0 Å². The van der Waals surface area contributed by atoms with Crippen molar-refractivity contribution in [3.05, 3.63) is 22.1 Å². The smallest absolute Gasteiger partial charge is 0.275 e. The zero-order chi connectivity index (χ0) is 12.5. The highest BCUT2D eigenvalue weighted by atomic mass is 32.1. The molecular formula is C11H14N4O2S. The first-order chi connectivity index (χ1) is 8.72. The van der Waals surface area contributed by atoms with Crippen LogP contribution in [0.1, 0.15) is 12.1 Å². The van der Waals surface area contributed by atoms with Crippen molar-refractivity contribution in [1.82, 2.24) is 14.6 Å². The van der Waals surface area contributed by atoms with Crippen LogP contribution in [-0.2, 0) is 4.74 Å². The summed E-state index contributed by atoms with van der Waals surface area (Å²) in [6, 6.07) is 1.49. The van der Waals surface area contributed by atoms with Crippen LogP contribution >= 0.6 is 11.3 Å². The molecule has 0 aromatic carbocycles. The van der Waals surface area contributed by atoms with Crippen LogP contribution in [0.2, 0.25) is 0 Å². The number of hydrogen-bond donors (Lipinski definition) is 1. The van der Waals surface area contributed by atoms with Crippen LogP contribution in [0.15, 0.2) is 10.9 Å². The van der Waals surface area contributed by atoms with Gasteiger partial charge in [-0.2, -0.15) is 4.52 Å². The van der Waals surface area contributed by atoms with Crippen molar-refractivity contribution in [2.45, 2.75) is 13.3 Å². The van der Waals surface area contributed by atoms with Gasteiger partial charge in [-0.15, -0.1) is 5.10 Å². The number of nitrogens with zero attached hydrogens (tertiary/aromatic N) is 3. The number of rotatable bonds is 3. The largest absolute Gasteiger partial charge is 0.381 e. The molecule has 3 heterocycles. The topological polar surface area (TPSA) is 68.5 Å². The Balaban J connectivity index is 1.80. The van der Waals surface area contributed by atoms with Crippen LogP contribution in [0, 0.1) is 12.8 Å². The quantitative estimate of drug-likeness (QED) is 0.894. The van der Waals surface area contributed by atoms with Crippen molar-refractivity contribution in [1.29, 1.82) is 0 Å². The standard InChI is InChI=1S/C11H14N4O2S/c1-7-4-9(16)15-11(13-7)18-10(14-15)12-5-8-2-3-17-6-8/h4,8H,2-3,5-6H2,1H3,(H,12,14)/t8-/m1/s1. The summed E-state index contributed by atoms with van der Waals surface area (Å²) < 4.78 is 6.65. The maximum absolute atomic E-state index is 11.7. The van der Waals surface area contributed by atoms with Gasteiger partial charge in [-0.05, 0) is 13.3 Å². The average Bonchev–Trinajstić information content (AvgIpc) is 2.93. The van der Waals surface area contributed by atoms with E-state index in [9.17, 15) is 4.79 Å². The van der Waals surface area contributed by atoms with Gasteiger partial charge in [0.25, 0.3) is 5.56 Å². The molecule has 3 rings (SSSR count). The highest BCUT2D eigenvalue weighted by Gasteiger charge is 2.16. The summed E-state index contributed by atoms with van der Waals surface area (Å²) in [4.78, 5) is 16.6. The molecule has 0 unspecified atom stereocenters. The summed E-state index contributed by atoms with van der Waals surface area (Å²) in [7, 11) is 0. The first-order valence-electron chi connectivity index (χ1n) is 5.91. The van der Waals surface area contributed by atoms with E-state index in [1.807, 2.05) is 6.92 Å². The van der Waals surface area contributed by atoms with Gasteiger partial charge in [0.1, 0.15) is 0 Å². The van der Waals surface area contributed by atoms with E-state index in [1.54, 1.807) is 0 Å². The molecule has 0 aliphatic carbocycles. The Morgan fingerprint density at radius 1 is 1.67 bits per heavy atom. The molecule has 1 aliphatic rings. The fourth-order valence-corrected chi connectivity index (χ4v) is 2.83. The second-order valence-corrected chi connectivity index (χ2v) is 5.40. The number of aromatic nitrogens is 3. The number of hydrogen-bond acceptors (Lipinski definition) is 6. The Hall–Kier alpha value is -1.47. The van der Waals surface area contributed by atoms with Crippen molar-refractivity contribution in [2.75, 3.05) is 25.1 Å². The zero-order valence-corrected chi connectivity index (χ0v) is 10.9. The van der Waals surface area contributed by atoms with Gasteiger partial charge in [0.15, 0.2) is 0 Å². The van der Waals surface area contributed by atoms with Crippen molar-refractivity contribution in [3.63, 3.8) is 0 Å². The molecule has 1 aliphatic heterocycles. The Labute approximate surface area is 108 Å². The third-order valence-electron chi connectivity index (χ3n) is 2.94. The van der Waals surface area contributed by atoms with E-state index in [4.69, 9.17) is 4.74 Å². The molecule has 6 nitrogen and oxygen atoms in total. The fourth-order valence-electron chi connectivity index (χ4n) is 1.97. The van der Waals surface area contributed by atoms with E-state index >= 15 is 0 Å². The van der Waals surface area contributed by atoms with E-state index in [0.29, 0.717) is 10.9 Å². The fraction of sp³-hybridized carbons (Fsp3) is 0.545. The summed E-state index contributed by atoms with van der Waals surface area (Å²) in [6.07, 6.45) is 1.08. The van der Waals surface area contributed by atoms with Crippen LogP contribution in [0.3, 0.4) is 0 Å². The van der Waals surface area contributed by atoms with Crippen LogP contribution in [0.5, 0.6) is 0 Å². The summed E-state index contributed by atoms with van der Waals surface area (Å²) in [6.45, 7) is 4.28. The highest BCUT2D eigenvalue weighted by Crippen LogP contribution is 2.18. The molecule has 0 saturated carbocycles. The zero-order valence-electron chi connectivity index (χ0n) is 10.0. The molecule has 2 aromatic rings. The van der Waals surface area contributed by atoms with Crippen LogP contribution in [0.25, 0.3) is 4.96 Å². The lowest BCUT2D eigenvalue weighted by Crippen LogP contribution is -2.16. The van der Waals surface area contributed by atoms with Gasteiger partial charge in [-0.25, -0.2) is 4.98 Å². The normalized spacial score (nSPS) is 19.5. The summed E-state index contributed by atoms with van der Waals surface area (Å²) >= 11 is 1.40. The Morgan fingerprint density at radius 2 is 2.56 bits per heavy atom. The minimum Gasteiger partial charge on any atom is -0.381 e. The number of fused-ring (bicyclic) bond motifs is 1. The van der Waals surface area contributed by atoms with Gasteiger partial charge in [0, 0.05) is 30.8 Å². The third kappa shape index (κ3) is 2.23. The molecule has 0 bridgehead atoms. The molecule has 1 N–H and O–H groups in total. The lowest BCUT2D eigenvalue weighted by atomic mass is 10.1. The van der Waals surface area contributed by atoms with Gasteiger partial charge in [-0.3, -0.25) is 4.79 Å². The third-order valence-corrected chi connectivity index (χ3v) is 3.81. The second-order valence-electron chi connectivity index (χ2n) is 4.45. The molecule has 1 saturated heterocycles. The molecule has 1 atom stereocenters. The maximum atomic E-state index is 11.7. The van der Waals surface area contributed by atoms with Gasteiger partial charge in [-0.1, -0.05) is 11.3 Å². The number of ether oxygens (including phenoxy) is 1. The second kappa shape index (κ2) is 4.66. The molecule has 0 amide bonds. The van der Waals surface area contributed by atoms with Crippen LogP contribution in [0.4, 0.5) is 5.13 Å². The molecule has 18 heavy (non-hydrogen) atoms. The number of nitrogens with one attached hydrogen (secondary N) is 1. The highest BCUT2D eigenvalue weighted by molar-refractivity contribution is 7.20. The van der Waals surface area contributed by atoms with E-state index in [1.165, 1.54) is 21.9 Å². The van der Waals surface area contributed by atoms with Crippen LogP contribution in [-0.4, -0.2) is 34.4 Å². The molecule has 1 fully saturated rings. The summed E-state index contributed by atoms with van der Waals surface area (Å²) in [5.74, 6) is 0.531. The molecule has 0 radical (unpaired) electrons. The van der Waals surface area contributed by atoms with Gasteiger partial charge >= 0.3 is 0 Å². The summed E-state index contributed by atoms with van der Waals surface area (Å²) in [5, 5.41) is 8.21. The monoisotopic (exact) mass is 266 g/mol. The number of anilines is 1. The first kappa shape index (κ1) is 11.6. The molecule has 2 aromatic heterocycles. The van der Waals surface area contributed by atoms with Crippen molar-refractivity contribution < 1.29 is 4.74 Å². The van der Waals surface area contributed by atoms with E-state index in [-0.39, 0.29) is 5.56 Å². The lowest BCUT2D eigenvalue weighted by molar-refractivity contribution is 0.187. The van der Waals surface area contributed by atoms with E-state index in [2.05, 4.69) is 15.4 Å². The predicted molar refractivity (Wildman–Crippen MR) is 69.3 cm³/mol. The average molecular weight is 266 g/mol. The molecule has 96 valence electrons. The summed E-state index contributed by atoms with van der Waals surface area (Å²) in [5.41, 5.74) is 0.588. The lowest BCUT2D eigenvalue weighted by Gasteiger charge is -2.06. The first-order valence-corrected chi connectivity index (χ1v) is 6.73. The SMILES string of the molecule is Cc1cc(=O)n2nc(NC[C@H]3CCOC3)sc2n1. The molecule has 7 heteroatoms. The molecular weight excluding hydrogens is 252 g/mol. The number of aryl methyl sites for hydroxylation is 1.